The molecule has 0 spiro atoms. The third kappa shape index (κ3) is 6.45. The number of rotatable bonds is 9. The van der Waals surface area contributed by atoms with Crippen molar-refractivity contribution in [3.05, 3.63) is 53.3 Å². The molecule has 2 aromatic rings. The lowest BCUT2D eigenvalue weighted by atomic mass is 10.3. The zero-order chi connectivity index (χ0) is 20.7. The second-order valence-electron chi connectivity index (χ2n) is 5.91. The van der Waals surface area contributed by atoms with Crippen molar-refractivity contribution in [2.24, 2.45) is 0 Å². The van der Waals surface area contributed by atoms with Gasteiger partial charge in [-0.25, -0.2) is 17.5 Å². The summed E-state index contributed by atoms with van der Waals surface area (Å²) in [6.45, 7) is 1.58. The molecule has 0 aromatic heterocycles. The van der Waals surface area contributed by atoms with Gasteiger partial charge in [-0.2, -0.15) is 0 Å². The highest BCUT2D eigenvalue weighted by Gasteiger charge is 2.17. The van der Waals surface area contributed by atoms with E-state index in [0.29, 0.717) is 5.69 Å². The second kappa shape index (κ2) is 9.83. The van der Waals surface area contributed by atoms with Gasteiger partial charge in [0.05, 0.1) is 16.5 Å². The van der Waals surface area contributed by atoms with Gasteiger partial charge < -0.3 is 14.8 Å². The number of ether oxygens (including phenoxy) is 2. The second-order valence-corrected chi connectivity index (χ2v) is 8.03. The molecule has 0 saturated heterocycles. The van der Waals surface area contributed by atoms with Crippen LogP contribution in [0.15, 0.2) is 47.4 Å². The zero-order valence-electron chi connectivity index (χ0n) is 15.2. The van der Waals surface area contributed by atoms with Crippen LogP contribution in [0.1, 0.15) is 6.92 Å². The average molecular weight is 431 g/mol. The minimum Gasteiger partial charge on any atom is -0.482 e. The van der Waals surface area contributed by atoms with Gasteiger partial charge in [-0.15, -0.1) is 0 Å². The molecular formula is C18H20ClFN2O5S. The molecule has 1 unspecified atom stereocenters. The number of halogens is 2. The molecule has 0 bridgehead atoms. The fourth-order valence-corrected chi connectivity index (χ4v) is 3.72. The Balaban J connectivity index is 1.93. The maximum absolute atomic E-state index is 13.0. The van der Waals surface area contributed by atoms with Gasteiger partial charge in [0.2, 0.25) is 10.0 Å². The predicted molar refractivity (Wildman–Crippen MR) is 104 cm³/mol. The molecule has 0 aliphatic carbocycles. The molecule has 28 heavy (non-hydrogen) atoms. The third-order valence-corrected chi connectivity index (χ3v) is 5.37. The number of benzene rings is 2. The predicted octanol–water partition coefficient (Wildman–Crippen LogP) is 2.81. The summed E-state index contributed by atoms with van der Waals surface area (Å²) in [5.74, 6) is -0.818. The molecule has 0 aliphatic rings. The summed E-state index contributed by atoms with van der Waals surface area (Å²) in [5.41, 5.74) is 0.391. The SMILES string of the molecule is COCC(C)NS(=O)(=O)c1ccc(NC(=O)COc2ccc(F)cc2Cl)cc1. The topological polar surface area (TPSA) is 93.7 Å². The molecular weight excluding hydrogens is 411 g/mol. The molecule has 0 saturated carbocycles. The summed E-state index contributed by atoms with van der Waals surface area (Å²) in [7, 11) is -2.21. The molecule has 10 heteroatoms. The van der Waals surface area contributed by atoms with Crippen LogP contribution >= 0.6 is 11.6 Å². The molecule has 2 aromatic carbocycles. The van der Waals surface area contributed by atoms with Gasteiger partial charge in [-0.05, 0) is 49.4 Å². The summed E-state index contributed by atoms with van der Waals surface area (Å²) < 4.78 is 50.1. The summed E-state index contributed by atoms with van der Waals surface area (Å²) in [4.78, 5) is 12.0. The first-order valence-electron chi connectivity index (χ1n) is 8.20. The number of carbonyl (C=O) groups excluding carboxylic acids is 1. The smallest absolute Gasteiger partial charge is 0.262 e. The fraction of sp³-hybridized carbons (Fsp3) is 0.278. The van der Waals surface area contributed by atoms with Gasteiger partial charge >= 0.3 is 0 Å². The van der Waals surface area contributed by atoms with E-state index in [4.69, 9.17) is 21.1 Å². The highest BCUT2D eigenvalue weighted by Crippen LogP contribution is 2.24. The Labute approximate surface area is 167 Å². The Morgan fingerprint density at radius 3 is 2.50 bits per heavy atom. The largest absolute Gasteiger partial charge is 0.482 e. The summed E-state index contributed by atoms with van der Waals surface area (Å²) in [6, 6.07) is 8.84. The molecule has 0 aliphatic heterocycles. The molecule has 7 nitrogen and oxygen atoms in total. The monoisotopic (exact) mass is 430 g/mol. The summed E-state index contributed by atoms with van der Waals surface area (Å²) >= 11 is 5.82. The van der Waals surface area contributed by atoms with E-state index < -0.39 is 21.7 Å². The van der Waals surface area contributed by atoms with Crippen LogP contribution in [0.3, 0.4) is 0 Å². The van der Waals surface area contributed by atoms with E-state index in [1.54, 1.807) is 6.92 Å². The van der Waals surface area contributed by atoms with Crippen LogP contribution in [0.5, 0.6) is 5.75 Å². The van der Waals surface area contributed by atoms with Crippen molar-refractivity contribution in [3.63, 3.8) is 0 Å². The normalized spacial score (nSPS) is 12.4. The van der Waals surface area contributed by atoms with Crippen LogP contribution in [0.2, 0.25) is 5.02 Å². The first kappa shape index (κ1) is 22.1. The van der Waals surface area contributed by atoms with Gasteiger partial charge in [0.25, 0.3) is 5.91 Å². The zero-order valence-corrected chi connectivity index (χ0v) is 16.8. The molecule has 152 valence electrons. The maximum Gasteiger partial charge on any atom is 0.262 e. The molecule has 0 fully saturated rings. The lowest BCUT2D eigenvalue weighted by Crippen LogP contribution is -2.35. The number of methoxy groups -OCH3 is 1. The third-order valence-electron chi connectivity index (χ3n) is 3.47. The molecule has 0 radical (unpaired) electrons. The first-order valence-corrected chi connectivity index (χ1v) is 10.1. The van der Waals surface area contributed by atoms with Crippen molar-refractivity contribution < 1.29 is 27.1 Å². The molecule has 2 N–H and O–H groups in total. The lowest BCUT2D eigenvalue weighted by Gasteiger charge is -2.13. The van der Waals surface area contributed by atoms with E-state index in [0.717, 1.165) is 6.07 Å². The summed E-state index contributed by atoms with van der Waals surface area (Å²) in [5, 5.41) is 2.62. The van der Waals surface area contributed by atoms with Gasteiger partial charge in [-0.1, -0.05) is 11.6 Å². The van der Waals surface area contributed by atoms with E-state index in [-0.39, 0.29) is 34.9 Å². The fourth-order valence-electron chi connectivity index (χ4n) is 2.27. The Morgan fingerprint density at radius 2 is 1.89 bits per heavy atom. The van der Waals surface area contributed by atoms with Gasteiger partial charge in [0.1, 0.15) is 11.6 Å². The standard InChI is InChI=1S/C18H20ClFN2O5S/c1-12(10-26-2)22-28(24,25)15-6-4-14(5-7-15)21-18(23)11-27-17-8-3-13(20)9-16(17)19/h3-9,12,22H,10-11H2,1-2H3,(H,21,23). The molecule has 2 rings (SSSR count). The van der Waals surface area contributed by atoms with Crippen molar-refractivity contribution in [1.29, 1.82) is 0 Å². The highest BCUT2D eigenvalue weighted by molar-refractivity contribution is 7.89. The van der Waals surface area contributed by atoms with Crippen LogP contribution in [-0.2, 0) is 19.6 Å². The van der Waals surface area contributed by atoms with E-state index in [2.05, 4.69) is 10.0 Å². The lowest BCUT2D eigenvalue weighted by molar-refractivity contribution is -0.118. The minimum absolute atomic E-state index is 0.0533. The maximum atomic E-state index is 13.0. The number of anilines is 1. The van der Waals surface area contributed by atoms with Gasteiger partial charge in [0.15, 0.2) is 6.61 Å². The molecule has 1 amide bonds. The van der Waals surface area contributed by atoms with Crippen LogP contribution in [0.4, 0.5) is 10.1 Å². The number of carbonyl (C=O) groups is 1. The number of amides is 1. The highest BCUT2D eigenvalue weighted by atomic mass is 35.5. The van der Waals surface area contributed by atoms with Crippen molar-refractivity contribution in [3.8, 4) is 5.75 Å². The van der Waals surface area contributed by atoms with Crippen molar-refractivity contribution >= 4 is 33.2 Å². The number of nitrogens with one attached hydrogen (secondary N) is 2. The Hall–Kier alpha value is -2.20. The van der Waals surface area contributed by atoms with E-state index in [1.165, 1.54) is 43.5 Å². The Bertz CT molecular complexity index is 922. The number of sulfonamides is 1. The Morgan fingerprint density at radius 1 is 1.21 bits per heavy atom. The van der Waals surface area contributed by atoms with Crippen molar-refractivity contribution in [1.82, 2.24) is 4.72 Å². The molecule has 1 atom stereocenters. The summed E-state index contributed by atoms with van der Waals surface area (Å²) in [6.07, 6.45) is 0. The van der Waals surface area contributed by atoms with Crippen LogP contribution in [0.25, 0.3) is 0 Å². The number of hydrogen-bond acceptors (Lipinski definition) is 5. The van der Waals surface area contributed by atoms with Gasteiger partial charge in [-0.3, -0.25) is 4.79 Å². The number of hydrogen-bond donors (Lipinski definition) is 2. The first-order chi connectivity index (χ1) is 13.2. The minimum atomic E-state index is -3.69. The van der Waals surface area contributed by atoms with Gasteiger partial charge in [0, 0.05) is 18.8 Å². The Kier molecular flexibility index (Phi) is 7.76. The van der Waals surface area contributed by atoms with Crippen LogP contribution < -0.4 is 14.8 Å². The molecule has 0 heterocycles. The van der Waals surface area contributed by atoms with E-state index in [1.807, 2.05) is 0 Å². The van der Waals surface area contributed by atoms with Crippen molar-refractivity contribution in [2.75, 3.05) is 25.6 Å². The van der Waals surface area contributed by atoms with Crippen LogP contribution in [-0.4, -0.2) is 40.7 Å². The van der Waals surface area contributed by atoms with E-state index >= 15 is 0 Å². The van der Waals surface area contributed by atoms with E-state index in [9.17, 15) is 17.6 Å². The average Bonchev–Trinajstić information content (AvgIpc) is 2.61. The van der Waals surface area contributed by atoms with Crippen LogP contribution in [0, 0.1) is 5.82 Å². The van der Waals surface area contributed by atoms with Crippen molar-refractivity contribution in [2.45, 2.75) is 17.9 Å². The quantitative estimate of drug-likeness (QED) is 0.638.